The molecule has 4 nitrogen and oxygen atoms in total. The number of guanidine groups is 1. The third kappa shape index (κ3) is 6.78. The van der Waals surface area contributed by atoms with Crippen LogP contribution in [-0.2, 0) is 6.42 Å². The van der Waals surface area contributed by atoms with Crippen molar-refractivity contribution in [1.29, 1.82) is 0 Å². The molecule has 0 saturated heterocycles. The Balaban J connectivity index is 0.00000288. The average Bonchev–Trinajstić information content (AvgIpc) is 2.51. The van der Waals surface area contributed by atoms with E-state index in [1.54, 1.807) is 7.11 Å². The van der Waals surface area contributed by atoms with Crippen molar-refractivity contribution >= 4 is 35.6 Å². The van der Waals surface area contributed by atoms with Crippen LogP contribution in [0.1, 0.15) is 23.1 Å². The summed E-state index contributed by atoms with van der Waals surface area (Å²) in [5.41, 5.74) is 10.6. The second-order valence-electron chi connectivity index (χ2n) is 5.72. The number of nitrogens with two attached hydrogens (primary N) is 1. The number of halogens is 1. The van der Waals surface area contributed by atoms with Crippen molar-refractivity contribution in [3.63, 3.8) is 0 Å². The summed E-state index contributed by atoms with van der Waals surface area (Å²) in [4.78, 5) is 4.39. The van der Waals surface area contributed by atoms with Gasteiger partial charge in [0, 0.05) is 12.2 Å². The number of hydrogen-bond acceptors (Lipinski definition) is 2. The van der Waals surface area contributed by atoms with Crippen LogP contribution in [0.2, 0.25) is 0 Å². The molecule has 0 amide bonds. The second-order valence-corrected chi connectivity index (χ2v) is 5.72. The zero-order valence-electron chi connectivity index (χ0n) is 14.5. The molecule has 0 radical (unpaired) electrons. The highest BCUT2D eigenvalue weighted by Gasteiger charge is 1.99. The van der Waals surface area contributed by atoms with Crippen molar-refractivity contribution in [2.45, 2.75) is 26.7 Å². The number of rotatable bonds is 6. The Morgan fingerprint density at radius 2 is 1.83 bits per heavy atom. The number of nitrogens with zero attached hydrogens (tertiary/aromatic N) is 1. The molecular formula is C19H26IN3O. The van der Waals surface area contributed by atoms with Crippen molar-refractivity contribution in [3.8, 4) is 5.75 Å². The van der Waals surface area contributed by atoms with Gasteiger partial charge in [0.2, 0.25) is 0 Å². The summed E-state index contributed by atoms with van der Waals surface area (Å²) >= 11 is 0. The molecule has 24 heavy (non-hydrogen) atoms. The largest absolute Gasteiger partial charge is 0.497 e. The number of anilines is 1. The van der Waals surface area contributed by atoms with Gasteiger partial charge in [-0.2, -0.15) is 0 Å². The lowest BCUT2D eigenvalue weighted by molar-refractivity contribution is 0.414. The van der Waals surface area contributed by atoms with Gasteiger partial charge in [-0.1, -0.05) is 18.2 Å². The molecule has 0 aliphatic carbocycles. The molecule has 0 atom stereocenters. The highest BCUT2D eigenvalue weighted by Crippen LogP contribution is 2.14. The first-order chi connectivity index (χ1) is 11.1. The van der Waals surface area contributed by atoms with E-state index in [0.29, 0.717) is 12.5 Å². The van der Waals surface area contributed by atoms with Gasteiger partial charge in [-0.05, 0) is 67.6 Å². The van der Waals surface area contributed by atoms with Crippen LogP contribution in [0, 0.1) is 13.8 Å². The van der Waals surface area contributed by atoms with Crippen molar-refractivity contribution in [2.24, 2.45) is 10.7 Å². The first kappa shape index (κ1) is 20.3. The van der Waals surface area contributed by atoms with Crippen LogP contribution in [0.25, 0.3) is 0 Å². The van der Waals surface area contributed by atoms with Crippen LogP contribution in [0.4, 0.5) is 5.69 Å². The lowest BCUT2D eigenvalue weighted by Gasteiger charge is -2.08. The van der Waals surface area contributed by atoms with Crippen LogP contribution in [0.3, 0.4) is 0 Å². The topological polar surface area (TPSA) is 59.6 Å². The molecule has 5 heteroatoms. The highest BCUT2D eigenvalue weighted by molar-refractivity contribution is 14.0. The van der Waals surface area contributed by atoms with Gasteiger partial charge in [-0.3, -0.25) is 4.99 Å². The molecule has 130 valence electrons. The fourth-order valence-electron chi connectivity index (χ4n) is 2.54. The van der Waals surface area contributed by atoms with Gasteiger partial charge in [-0.15, -0.1) is 24.0 Å². The quantitative estimate of drug-likeness (QED) is 0.306. The minimum absolute atomic E-state index is 0. The van der Waals surface area contributed by atoms with E-state index in [-0.39, 0.29) is 24.0 Å². The minimum Gasteiger partial charge on any atom is -0.497 e. The van der Waals surface area contributed by atoms with Crippen molar-refractivity contribution in [3.05, 3.63) is 59.2 Å². The van der Waals surface area contributed by atoms with Gasteiger partial charge >= 0.3 is 0 Å². The van der Waals surface area contributed by atoms with Crippen molar-refractivity contribution < 1.29 is 4.74 Å². The fourth-order valence-corrected chi connectivity index (χ4v) is 2.54. The number of aliphatic imine (C=N–C) groups is 1. The Bertz CT molecular complexity index is 666. The lowest BCUT2D eigenvalue weighted by atomic mass is 10.1. The molecule has 0 aromatic heterocycles. The number of aryl methyl sites for hydroxylation is 3. The Kier molecular flexibility index (Phi) is 8.60. The van der Waals surface area contributed by atoms with Crippen LogP contribution >= 0.6 is 24.0 Å². The zero-order chi connectivity index (χ0) is 16.7. The normalized spacial score (nSPS) is 10.9. The van der Waals surface area contributed by atoms with Crippen LogP contribution in [0.5, 0.6) is 5.75 Å². The predicted octanol–water partition coefficient (Wildman–Crippen LogP) is 4.29. The molecule has 0 fully saturated rings. The first-order valence-corrected chi connectivity index (χ1v) is 7.85. The zero-order valence-corrected chi connectivity index (χ0v) is 16.8. The molecule has 0 bridgehead atoms. The molecule has 0 heterocycles. The van der Waals surface area contributed by atoms with E-state index in [4.69, 9.17) is 10.5 Å². The molecule has 3 N–H and O–H groups in total. The van der Waals surface area contributed by atoms with E-state index in [1.807, 2.05) is 12.1 Å². The van der Waals surface area contributed by atoms with Crippen molar-refractivity contribution in [2.75, 3.05) is 19.0 Å². The minimum atomic E-state index is 0. The van der Waals surface area contributed by atoms with Gasteiger partial charge in [-0.25, -0.2) is 0 Å². The third-order valence-electron chi connectivity index (χ3n) is 3.53. The summed E-state index contributed by atoms with van der Waals surface area (Å²) in [6.45, 7) is 4.83. The third-order valence-corrected chi connectivity index (χ3v) is 3.53. The molecular weight excluding hydrogens is 413 g/mol. The maximum atomic E-state index is 5.95. The van der Waals surface area contributed by atoms with Crippen LogP contribution in [-0.4, -0.2) is 19.6 Å². The monoisotopic (exact) mass is 439 g/mol. The molecule has 2 aromatic rings. The standard InChI is InChI=1S/C19H25N3O.HI/c1-14-10-15(2)12-17(11-14)22-19(20)21-9-5-7-16-6-4-8-18(13-16)23-3;/h4,6,8,10-13H,5,7,9H2,1-3H3,(H3,20,21,22);1H. The highest BCUT2D eigenvalue weighted by atomic mass is 127. The molecule has 2 aromatic carbocycles. The summed E-state index contributed by atoms with van der Waals surface area (Å²) in [5.74, 6) is 1.35. The van der Waals surface area contributed by atoms with Crippen LogP contribution < -0.4 is 15.8 Å². The summed E-state index contributed by atoms with van der Waals surface area (Å²) in [6.07, 6.45) is 1.90. The number of nitrogens with one attached hydrogen (secondary N) is 1. The van der Waals surface area contributed by atoms with Gasteiger partial charge in [0.25, 0.3) is 0 Å². The van der Waals surface area contributed by atoms with Gasteiger partial charge in [0.1, 0.15) is 5.75 Å². The van der Waals surface area contributed by atoms with E-state index in [0.717, 1.165) is 24.3 Å². The van der Waals surface area contributed by atoms with Gasteiger partial charge in [0.15, 0.2) is 5.96 Å². The molecule has 0 unspecified atom stereocenters. The number of hydrogen-bond donors (Lipinski definition) is 2. The van der Waals surface area contributed by atoms with Crippen LogP contribution in [0.15, 0.2) is 47.5 Å². The SMILES string of the molecule is COc1cccc(CCCN=C(N)Nc2cc(C)cc(C)c2)c1.I. The lowest BCUT2D eigenvalue weighted by Crippen LogP contribution is -2.23. The number of ether oxygens (including phenoxy) is 1. The summed E-state index contributed by atoms with van der Waals surface area (Å²) in [7, 11) is 1.68. The summed E-state index contributed by atoms with van der Waals surface area (Å²) in [5, 5.41) is 3.15. The van der Waals surface area contributed by atoms with E-state index in [2.05, 4.69) is 54.5 Å². The fraction of sp³-hybridized carbons (Fsp3) is 0.316. The van der Waals surface area contributed by atoms with E-state index in [9.17, 15) is 0 Å². The first-order valence-electron chi connectivity index (χ1n) is 7.85. The van der Waals surface area contributed by atoms with E-state index < -0.39 is 0 Å². The molecule has 0 saturated carbocycles. The number of methoxy groups -OCH3 is 1. The molecule has 0 aliphatic rings. The average molecular weight is 439 g/mol. The Hall–Kier alpha value is -1.76. The summed E-state index contributed by atoms with van der Waals surface area (Å²) in [6, 6.07) is 14.4. The smallest absolute Gasteiger partial charge is 0.193 e. The maximum absolute atomic E-state index is 5.95. The van der Waals surface area contributed by atoms with Gasteiger partial charge in [0.05, 0.1) is 7.11 Å². The van der Waals surface area contributed by atoms with Crippen molar-refractivity contribution in [1.82, 2.24) is 0 Å². The molecule has 0 spiro atoms. The number of benzene rings is 2. The second kappa shape index (κ2) is 10.2. The molecule has 0 aliphatic heterocycles. The van der Waals surface area contributed by atoms with E-state index in [1.165, 1.54) is 16.7 Å². The van der Waals surface area contributed by atoms with E-state index >= 15 is 0 Å². The Morgan fingerprint density at radius 3 is 2.50 bits per heavy atom. The maximum Gasteiger partial charge on any atom is 0.193 e. The predicted molar refractivity (Wildman–Crippen MR) is 113 cm³/mol. The summed E-state index contributed by atoms with van der Waals surface area (Å²) < 4.78 is 5.23. The Labute approximate surface area is 161 Å². The Morgan fingerprint density at radius 1 is 1.12 bits per heavy atom. The molecule has 2 rings (SSSR count). The van der Waals surface area contributed by atoms with Gasteiger partial charge < -0.3 is 15.8 Å².